The summed E-state index contributed by atoms with van der Waals surface area (Å²) in [6.45, 7) is 2.72. The van der Waals surface area contributed by atoms with Crippen LogP contribution in [-0.4, -0.2) is 63.0 Å². The summed E-state index contributed by atoms with van der Waals surface area (Å²) < 4.78 is 0. The van der Waals surface area contributed by atoms with Gasteiger partial charge in [0.15, 0.2) is 0 Å². The van der Waals surface area contributed by atoms with E-state index in [4.69, 9.17) is 0 Å². The van der Waals surface area contributed by atoms with Crippen molar-refractivity contribution in [2.45, 2.75) is 13.0 Å². The second-order valence-electron chi connectivity index (χ2n) is 5.58. The molecular weight excluding hydrogens is 300 g/mol. The third-order valence-corrected chi connectivity index (χ3v) is 4.50. The molecule has 7 heteroatoms. The second-order valence-corrected chi connectivity index (χ2v) is 6.56. The van der Waals surface area contributed by atoms with Gasteiger partial charge >= 0.3 is 6.03 Å². The number of thiophene rings is 1. The van der Waals surface area contributed by atoms with E-state index < -0.39 is 0 Å². The van der Waals surface area contributed by atoms with Crippen molar-refractivity contribution in [1.82, 2.24) is 20.4 Å². The summed E-state index contributed by atoms with van der Waals surface area (Å²) in [7, 11) is 7.29. The Morgan fingerprint density at radius 1 is 1.32 bits per heavy atom. The first-order valence-corrected chi connectivity index (χ1v) is 8.15. The summed E-state index contributed by atoms with van der Waals surface area (Å²) >= 11 is 1.68. The first-order valence-electron chi connectivity index (χ1n) is 7.27. The fourth-order valence-corrected chi connectivity index (χ4v) is 3.08. The van der Waals surface area contributed by atoms with Gasteiger partial charge in [-0.3, -0.25) is 4.79 Å². The largest absolute Gasteiger partial charge is 0.359 e. The highest BCUT2D eigenvalue weighted by atomic mass is 32.1. The zero-order chi connectivity index (χ0) is 16.7. The maximum Gasteiger partial charge on any atom is 0.317 e. The van der Waals surface area contributed by atoms with E-state index in [9.17, 15) is 9.59 Å². The molecular formula is C15H26N4O2S. The van der Waals surface area contributed by atoms with Gasteiger partial charge in [-0.25, -0.2) is 4.79 Å². The molecule has 0 aliphatic rings. The van der Waals surface area contributed by atoms with Crippen LogP contribution in [0.5, 0.6) is 0 Å². The van der Waals surface area contributed by atoms with Crippen LogP contribution in [0.1, 0.15) is 17.8 Å². The topological polar surface area (TPSA) is 64.7 Å². The summed E-state index contributed by atoms with van der Waals surface area (Å²) in [5, 5.41) is 7.56. The SMILES string of the molecule is CNC(=O)[C@@H](C)CN(C)C(=O)NC[C@@H](c1cccs1)N(C)C. The van der Waals surface area contributed by atoms with Crippen LogP contribution < -0.4 is 10.6 Å². The van der Waals surface area contributed by atoms with E-state index in [1.165, 1.54) is 4.88 Å². The van der Waals surface area contributed by atoms with Gasteiger partial charge in [-0.15, -0.1) is 11.3 Å². The van der Waals surface area contributed by atoms with E-state index in [1.807, 2.05) is 25.5 Å². The van der Waals surface area contributed by atoms with Crippen molar-refractivity contribution in [3.05, 3.63) is 22.4 Å². The van der Waals surface area contributed by atoms with E-state index in [0.717, 1.165) is 0 Å². The van der Waals surface area contributed by atoms with Crippen molar-refractivity contribution in [3.8, 4) is 0 Å². The van der Waals surface area contributed by atoms with Crippen LogP contribution in [0.15, 0.2) is 17.5 Å². The molecule has 0 saturated heterocycles. The average Bonchev–Trinajstić information content (AvgIpc) is 2.99. The third kappa shape index (κ3) is 5.31. The van der Waals surface area contributed by atoms with Gasteiger partial charge in [-0.05, 0) is 25.5 Å². The molecule has 3 amide bonds. The maximum absolute atomic E-state index is 12.2. The summed E-state index contributed by atoms with van der Waals surface area (Å²) in [6.07, 6.45) is 0. The Morgan fingerprint density at radius 3 is 2.50 bits per heavy atom. The minimum absolute atomic E-state index is 0.0654. The number of rotatable bonds is 7. The van der Waals surface area contributed by atoms with Gasteiger partial charge in [-0.1, -0.05) is 13.0 Å². The molecule has 22 heavy (non-hydrogen) atoms. The minimum Gasteiger partial charge on any atom is -0.359 e. The Morgan fingerprint density at radius 2 is 2.00 bits per heavy atom. The molecule has 0 aliphatic heterocycles. The summed E-state index contributed by atoms with van der Waals surface area (Å²) in [4.78, 5) is 28.5. The van der Waals surface area contributed by atoms with Gasteiger partial charge in [-0.2, -0.15) is 0 Å². The molecule has 0 saturated carbocycles. The van der Waals surface area contributed by atoms with Crippen molar-refractivity contribution in [3.63, 3.8) is 0 Å². The summed E-state index contributed by atoms with van der Waals surface area (Å²) in [5.74, 6) is -0.299. The smallest absolute Gasteiger partial charge is 0.317 e. The molecule has 0 aliphatic carbocycles. The number of hydrogen-bond acceptors (Lipinski definition) is 4. The lowest BCUT2D eigenvalue weighted by Crippen LogP contribution is -2.44. The fraction of sp³-hybridized carbons (Fsp3) is 0.600. The van der Waals surface area contributed by atoms with Crippen molar-refractivity contribution in [1.29, 1.82) is 0 Å². The summed E-state index contributed by atoms with van der Waals surface area (Å²) in [6, 6.07) is 4.06. The van der Waals surface area contributed by atoms with Gasteiger partial charge in [0.05, 0.1) is 12.0 Å². The minimum atomic E-state index is -0.234. The molecule has 1 aromatic heterocycles. The fourth-order valence-electron chi connectivity index (χ4n) is 2.16. The van der Waals surface area contributed by atoms with E-state index in [-0.39, 0.29) is 23.9 Å². The van der Waals surface area contributed by atoms with Crippen molar-refractivity contribution in [2.24, 2.45) is 5.92 Å². The number of likely N-dealkylation sites (N-methyl/N-ethyl adjacent to an activating group) is 1. The van der Waals surface area contributed by atoms with Crippen LogP contribution in [0.2, 0.25) is 0 Å². The standard InChI is InChI=1S/C15H26N4O2S/c1-11(14(20)16-2)10-19(5)15(21)17-9-12(18(3)4)13-7-6-8-22-13/h6-8,11-12H,9-10H2,1-5H3,(H,16,20)(H,17,21)/t11-,12-/m0/s1. The van der Waals surface area contributed by atoms with E-state index in [2.05, 4.69) is 21.6 Å². The molecule has 0 fully saturated rings. The molecule has 2 N–H and O–H groups in total. The quantitative estimate of drug-likeness (QED) is 0.795. The Kier molecular flexibility index (Phi) is 7.34. The summed E-state index contributed by atoms with van der Waals surface area (Å²) in [5.41, 5.74) is 0. The molecule has 0 unspecified atom stereocenters. The van der Waals surface area contributed by atoms with E-state index in [0.29, 0.717) is 13.1 Å². The first kappa shape index (κ1) is 18.4. The Hall–Kier alpha value is -1.60. The molecule has 6 nitrogen and oxygen atoms in total. The lowest BCUT2D eigenvalue weighted by Gasteiger charge is -2.26. The predicted octanol–water partition coefficient (Wildman–Crippen LogP) is 1.37. The molecule has 1 heterocycles. The highest BCUT2D eigenvalue weighted by Crippen LogP contribution is 2.22. The Balaban J connectivity index is 2.51. The number of amides is 3. The van der Waals surface area contributed by atoms with E-state index in [1.54, 1.807) is 37.3 Å². The third-order valence-electron chi connectivity index (χ3n) is 3.53. The molecule has 0 spiro atoms. The van der Waals surface area contributed by atoms with Gasteiger partial charge < -0.3 is 20.4 Å². The molecule has 0 aromatic carbocycles. The predicted molar refractivity (Wildman–Crippen MR) is 90.0 cm³/mol. The van der Waals surface area contributed by atoms with Gasteiger partial charge in [0.25, 0.3) is 0 Å². The lowest BCUT2D eigenvalue weighted by atomic mass is 10.1. The first-order chi connectivity index (χ1) is 10.4. The molecule has 0 bridgehead atoms. The Labute approximate surface area is 136 Å². The molecule has 0 radical (unpaired) electrons. The van der Waals surface area contributed by atoms with Crippen molar-refractivity contribution in [2.75, 3.05) is 41.3 Å². The van der Waals surface area contributed by atoms with E-state index >= 15 is 0 Å². The van der Waals surface area contributed by atoms with Crippen LogP contribution in [-0.2, 0) is 4.79 Å². The number of nitrogens with one attached hydrogen (secondary N) is 2. The van der Waals surface area contributed by atoms with Crippen LogP contribution in [0.25, 0.3) is 0 Å². The second kappa shape index (κ2) is 8.75. The van der Waals surface area contributed by atoms with Gasteiger partial charge in [0.1, 0.15) is 0 Å². The van der Waals surface area contributed by atoms with Crippen molar-refractivity contribution >= 4 is 23.3 Å². The number of urea groups is 1. The molecule has 1 rings (SSSR count). The van der Waals surface area contributed by atoms with Crippen molar-refractivity contribution < 1.29 is 9.59 Å². The normalized spacial score (nSPS) is 13.5. The molecule has 1 aromatic rings. The number of carbonyl (C=O) groups excluding carboxylic acids is 2. The van der Waals surface area contributed by atoms with Crippen LogP contribution >= 0.6 is 11.3 Å². The van der Waals surface area contributed by atoms with Crippen LogP contribution in [0, 0.1) is 5.92 Å². The zero-order valence-corrected chi connectivity index (χ0v) is 14.7. The number of hydrogen-bond donors (Lipinski definition) is 2. The zero-order valence-electron chi connectivity index (χ0n) is 13.9. The van der Waals surface area contributed by atoms with Crippen LogP contribution in [0.3, 0.4) is 0 Å². The highest BCUT2D eigenvalue weighted by Gasteiger charge is 2.20. The lowest BCUT2D eigenvalue weighted by molar-refractivity contribution is -0.124. The molecule has 124 valence electrons. The van der Waals surface area contributed by atoms with Gasteiger partial charge in [0.2, 0.25) is 5.91 Å². The maximum atomic E-state index is 12.2. The highest BCUT2D eigenvalue weighted by molar-refractivity contribution is 7.10. The number of carbonyl (C=O) groups is 2. The molecule has 2 atom stereocenters. The van der Waals surface area contributed by atoms with Crippen LogP contribution in [0.4, 0.5) is 4.79 Å². The number of nitrogens with zero attached hydrogens (tertiary/aromatic N) is 2. The monoisotopic (exact) mass is 326 g/mol. The Bertz CT molecular complexity index is 476. The van der Waals surface area contributed by atoms with Gasteiger partial charge in [0, 0.05) is 32.1 Å². The average molecular weight is 326 g/mol.